The molecule has 29 heavy (non-hydrogen) atoms. The van der Waals surface area contributed by atoms with Crippen molar-refractivity contribution in [1.29, 1.82) is 0 Å². The summed E-state index contributed by atoms with van der Waals surface area (Å²) in [6.07, 6.45) is 3.21. The van der Waals surface area contributed by atoms with Gasteiger partial charge in [-0.25, -0.2) is 0 Å². The third kappa shape index (κ3) is 3.33. The van der Waals surface area contributed by atoms with Gasteiger partial charge in [0.15, 0.2) is 0 Å². The highest BCUT2D eigenvalue weighted by molar-refractivity contribution is 6.22. The lowest BCUT2D eigenvalue weighted by Gasteiger charge is -2.21. The normalized spacial score (nSPS) is 19.9. The van der Waals surface area contributed by atoms with Crippen LogP contribution in [0.25, 0.3) is 10.9 Å². The Kier molecular flexibility index (Phi) is 4.04. The molecule has 0 spiro atoms. The number of Topliss-reactive ketones (excluding diaryl/α,β-unsaturated/α-hetero) is 1. The molecule has 3 fully saturated rings. The molecular weight excluding hydrogens is 368 g/mol. The number of aromatic hydroxyl groups is 1. The number of rotatable bonds is 3. The highest BCUT2D eigenvalue weighted by atomic mass is 16.3. The van der Waals surface area contributed by atoms with Crippen molar-refractivity contribution in [3.63, 3.8) is 0 Å². The Morgan fingerprint density at radius 3 is 2.17 bits per heavy atom. The average molecular weight is 390 g/mol. The Bertz CT molecular complexity index is 1050. The number of allylic oxidation sites excluding steroid dienone is 1. The summed E-state index contributed by atoms with van der Waals surface area (Å²) in [7, 11) is 0. The molecule has 7 heteroatoms. The molecule has 3 aliphatic heterocycles. The van der Waals surface area contributed by atoms with Crippen LogP contribution in [-0.4, -0.2) is 75.6 Å². The lowest BCUT2D eigenvalue weighted by molar-refractivity contribution is -0.117. The van der Waals surface area contributed by atoms with E-state index in [9.17, 15) is 14.7 Å². The van der Waals surface area contributed by atoms with E-state index < -0.39 is 0 Å². The summed E-state index contributed by atoms with van der Waals surface area (Å²) in [5.41, 5.74) is 3.70. The number of phenolic OH excluding ortho intramolecular Hbond substituents is 1. The fourth-order valence-electron chi connectivity index (χ4n) is 3.58. The first-order valence-corrected chi connectivity index (χ1v) is 9.88. The number of fused-ring (bicyclic) bond motifs is 1. The quantitative estimate of drug-likeness (QED) is 0.628. The molecule has 4 aliphatic rings. The van der Waals surface area contributed by atoms with Crippen LogP contribution in [0.15, 0.2) is 53.6 Å². The van der Waals surface area contributed by atoms with Crippen molar-refractivity contribution < 1.29 is 14.7 Å². The molecule has 1 aromatic heterocycles. The Morgan fingerprint density at radius 2 is 1.55 bits per heavy atom. The standard InChI is InChI=1S/C12H13N3O2.C10H9NO/c16-9-7-8(13-1-2-13)12(17)11(15-5-6-15)10(9)14-3-4-14;1-7-4-5-9(12)10-8(7)3-2-6-11-10/h7H,1-6H2;2-6,12H,1H3. The lowest BCUT2D eigenvalue weighted by Crippen LogP contribution is -2.29. The van der Waals surface area contributed by atoms with E-state index in [2.05, 4.69) is 4.98 Å². The number of hydrogen-bond donors (Lipinski definition) is 1. The van der Waals surface area contributed by atoms with E-state index in [4.69, 9.17) is 0 Å². The van der Waals surface area contributed by atoms with Crippen LogP contribution in [0.3, 0.4) is 0 Å². The number of aryl methyl sites for hydroxylation is 1. The SMILES string of the molecule is Cc1ccc(O)c2ncccc12.O=C1C=C(N2CC2)C(=O)C(N2CC2)=C1N1CC1. The fourth-order valence-corrected chi connectivity index (χ4v) is 3.58. The van der Waals surface area contributed by atoms with Gasteiger partial charge in [0.2, 0.25) is 11.6 Å². The maximum Gasteiger partial charge on any atom is 0.227 e. The zero-order chi connectivity index (χ0) is 20.1. The molecule has 148 valence electrons. The summed E-state index contributed by atoms with van der Waals surface area (Å²) in [6, 6.07) is 7.39. The number of aromatic nitrogens is 1. The van der Waals surface area contributed by atoms with Crippen molar-refractivity contribution in [1.82, 2.24) is 19.7 Å². The van der Waals surface area contributed by atoms with E-state index in [1.165, 1.54) is 6.08 Å². The van der Waals surface area contributed by atoms with Crippen molar-refractivity contribution in [2.45, 2.75) is 6.92 Å². The molecule has 6 rings (SSSR count). The summed E-state index contributed by atoms with van der Waals surface area (Å²) in [6.45, 7) is 7.41. The average Bonchev–Trinajstić information content (AvgIpc) is 3.57. The van der Waals surface area contributed by atoms with Crippen LogP contribution in [-0.2, 0) is 9.59 Å². The summed E-state index contributed by atoms with van der Waals surface area (Å²) in [5.74, 6) is 0.295. The first-order valence-electron chi connectivity index (χ1n) is 9.88. The number of carbonyl (C=O) groups excluding carboxylic acids is 2. The van der Waals surface area contributed by atoms with Crippen molar-refractivity contribution in [2.75, 3.05) is 39.3 Å². The zero-order valence-electron chi connectivity index (χ0n) is 16.3. The Balaban J connectivity index is 0.000000134. The Hall–Kier alpha value is -3.35. The van der Waals surface area contributed by atoms with Gasteiger partial charge in [0, 0.05) is 56.9 Å². The van der Waals surface area contributed by atoms with Crippen LogP contribution in [0.2, 0.25) is 0 Å². The second-order valence-corrected chi connectivity index (χ2v) is 7.68. The van der Waals surface area contributed by atoms with Gasteiger partial charge in [-0.15, -0.1) is 0 Å². The van der Waals surface area contributed by atoms with Gasteiger partial charge in [0.1, 0.15) is 22.7 Å². The van der Waals surface area contributed by atoms with Crippen LogP contribution in [0.4, 0.5) is 0 Å². The van der Waals surface area contributed by atoms with Gasteiger partial charge in [-0.05, 0) is 24.6 Å². The largest absolute Gasteiger partial charge is 0.506 e. The number of pyridine rings is 1. The number of ketones is 2. The van der Waals surface area contributed by atoms with E-state index >= 15 is 0 Å². The maximum atomic E-state index is 12.4. The number of nitrogens with zero attached hydrogens (tertiary/aromatic N) is 4. The number of phenols is 1. The highest BCUT2D eigenvalue weighted by Crippen LogP contribution is 2.34. The molecular formula is C22H22N4O3. The molecule has 1 aromatic carbocycles. The van der Waals surface area contributed by atoms with Crippen LogP contribution in [0.1, 0.15) is 5.56 Å². The molecule has 0 atom stereocenters. The minimum Gasteiger partial charge on any atom is -0.506 e. The summed E-state index contributed by atoms with van der Waals surface area (Å²) in [5, 5.41) is 10.4. The van der Waals surface area contributed by atoms with Crippen LogP contribution < -0.4 is 0 Å². The Morgan fingerprint density at radius 1 is 0.897 bits per heavy atom. The molecule has 0 saturated carbocycles. The fraction of sp³-hybridized carbons (Fsp3) is 0.318. The van der Waals surface area contributed by atoms with E-state index in [1.807, 2.05) is 39.8 Å². The van der Waals surface area contributed by atoms with Gasteiger partial charge in [0.05, 0.1) is 5.70 Å². The van der Waals surface area contributed by atoms with Gasteiger partial charge in [-0.1, -0.05) is 12.1 Å². The summed E-state index contributed by atoms with van der Waals surface area (Å²) < 4.78 is 0. The van der Waals surface area contributed by atoms with Crippen LogP contribution >= 0.6 is 0 Å². The van der Waals surface area contributed by atoms with Crippen LogP contribution in [0.5, 0.6) is 5.75 Å². The molecule has 1 aliphatic carbocycles. The first-order chi connectivity index (χ1) is 14.0. The van der Waals surface area contributed by atoms with E-state index in [0.29, 0.717) is 22.6 Å². The molecule has 1 N–H and O–H groups in total. The van der Waals surface area contributed by atoms with Gasteiger partial charge < -0.3 is 19.8 Å². The number of benzene rings is 1. The van der Waals surface area contributed by atoms with E-state index in [0.717, 1.165) is 50.2 Å². The van der Waals surface area contributed by atoms with E-state index in [-0.39, 0.29) is 17.3 Å². The van der Waals surface area contributed by atoms with Crippen LogP contribution in [0, 0.1) is 6.92 Å². The second-order valence-electron chi connectivity index (χ2n) is 7.68. The van der Waals surface area contributed by atoms with Gasteiger partial charge in [-0.3, -0.25) is 14.6 Å². The van der Waals surface area contributed by atoms with Crippen molar-refractivity contribution in [2.24, 2.45) is 0 Å². The smallest absolute Gasteiger partial charge is 0.227 e. The van der Waals surface area contributed by atoms with Gasteiger partial charge >= 0.3 is 0 Å². The zero-order valence-corrected chi connectivity index (χ0v) is 16.3. The second kappa shape index (κ2) is 6.62. The highest BCUT2D eigenvalue weighted by Gasteiger charge is 2.43. The van der Waals surface area contributed by atoms with Crippen molar-refractivity contribution in [3.8, 4) is 5.75 Å². The van der Waals surface area contributed by atoms with Crippen molar-refractivity contribution in [3.05, 3.63) is 59.2 Å². The third-order valence-electron chi connectivity index (χ3n) is 5.45. The minimum atomic E-state index is 0.00546. The molecule has 3 saturated heterocycles. The number of hydrogen-bond acceptors (Lipinski definition) is 7. The monoisotopic (exact) mass is 390 g/mol. The third-order valence-corrected chi connectivity index (χ3v) is 5.45. The number of carbonyl (C=O) groups is 2. The van der Waals surface area contributed by atoms with Gasteiger partial charge in [-0.2, -0.15) is 0 Å². The molecule has 0 amide bonds. The molecule has 0 radical (unpaired) electrons. The van der Waals surface area contributed by atoms with Gasteiger partial charge in [0.25, 0.3) is 0 Å². The molecule has 0 bridgehead atoms. The summed E-state index contributed by atoms with van der Waals surface area (Å²) in [4.78, 5) is 34.6. The minimum absolute atomic E-state index is 0.00546. The lowest BCUT2D eigenvalue weighted by atomic mass is 10.0. The predicted molar refractivity (Wildman–Crippen MR) is 108 cm³/mol. The molecule has 0 unspecified atom stereocenters. The van der Waals surface area contributed by atoms with E-state index in [1.54, 1.807) is 12.3 Å². The predicted octanol–water partition coefficient (Wildman–Crippen LogP) is 1.43. The maximum absolute atomic E-state index is 12.4. The molecule has 7 nitrogen and oxygen atoms in total. The topological polar surface area (TPSA) is 76.3 Å². The van der Waals surface area contributed by atoms with Crippen molar-refractivity contribution >= 4 is 22.5 Å². The first kappa shape index (κ1) is 17.7. The molecule has 2 aromatic rings. The summed E-state index contributed by atoms with van der Waals surface area (Å²) >= 11 is 0. The Labute approximate surface area is 168 Å². The molecule has 4 heterocycles.